The van der Waals surface area contributed by atoms with Crippen molar-refractivity contribution >= 4 is 5.69 Å². The number of rotatable bonds is 2. The van der Waals surface area contributed by atoms with E-state index < -0.39 is 11.6 Å². The Labute approximate surface area is 116 Å². The summed E-state index contributed by atoms with van der Waals surface area (Å²) >= 11 is 0. The fourth-order valence-electron chi connectivity index (χ4n) is 2.74. The van der Waals surface area contributed by atoms with E-state index in [4.69, 9.17) is 0 Å². The van der Waals surface area contributed by atoms with Crippen molar-refractivity contribution in [3.63, 3.8) is 0 Å². The van der Waals surface area contributed by atoms with Crippen LogP contribution < -0.4 is 5.32 Å². The van der Waals surface area contributed by atoms with E-state index >= 15 is 0 Å². The molecule has 1 atom stereocenters. The summed E-state index contributed by atoms with van der Waals surface area (Å²) in [5.74, 6) is -1.53. The van der Waals surface area contributed by atoms with Crippen molar-refractivity contribution < 1.29 is 13.9 Å². The first-order chi connectivity index (χ1) is 9.65. The number of anilines is 1. The van der Waals surface area contributed by atoms with Gasteiger partial charge in [0.15, 0.2) is 11.6 Å². The van der Waals surface area contributed by atoms with Crippen molar-refractivity contribution in [2.24, 2.45) is 0 Å². The van der Waals surface area contributed by atoms with Crippen LogP contribution in [0.2, 0.25) is 0 Å². The molecule has 0 fully saturated rings. The quantitative estimate of drug-likeness (QED) is 0.862. The van der Waals surface area contributed by atoms with E-state index in [0.717, 1.165) is 36.5 Å². The van der Waals surface area contributed by atoms with Gasteiger partial charge < -0.3 is 10.4 Å². The lowest BCUT2D eigenvalue weighted by atomic mass is 9.87. The van der Waals surface area contributed by atoms with Crippen LogP contribution in [0.4, 0.5) is 14.5 Å². The topological polar surface area (TPSA) is 32.3 Å². The Balaban J connectivity index is 1.93. The molecule has 4 heteroatoms. The summed E-state index contributed by atoms with van der Waals surface area (Å²) in [7, 11) is 0. The first-order valence-electron chi connectivity index (χ1n) is 6.67. The highest BCUT2D eigenvalue weighted by atomic mass is 19.2. The third-order valence-corrected chi connectivity index (χ3v) is 3.73. The molecule has 2 aromatic rings. The molecule has 3 rings (SSSR count). The number of fused-ring (bicyclic) bond motifs is 1. The number of halogens is 2. The van der Waals surface area contributed by atoms with Crippen molar-refractivity contribution in [2.75, 3.05) is 5.32 Å². The van der Waals surface area contributed by atoms with E-state index in [2.05, 4.69) is 5.32 Å². The molecule has 0 saturated carbocycles. The fraction of sp³-hybridized carbons (Fsp3) is 0.250. The standard InChI is InChI=1S/C16H15F2NO/c17-13-4-2-6-15(16(13)18)19-14-5-1-3-10-7-8-11(20)9-12(10)14/h2,4,6-9,14,19-20H,1,3,5H2. The van der Waals surface area contributed by atoms with E-state index in [0.29, 0.717) is 0 Å². The van der Waals surface area contributed by atoms with E-state index in [-0.39, 0.29) is 17.5 Å². The van der Waals surface area contributed by atoms with Crippen LogP contribution in [0, 0.1) is 11.6 Å². The lowest BCUT2D eigenvalue weighted by Crippen LogP contribution is -2.18. The first kappa shape index (κ1) is 12.9. The second-order valence-corrected chi connectivity index (χ2v) is 5.07. The number of phenols is 1. The lowest BCUT2D eigenvalue weighted by molar-refractivity contribution is 0.471. The normalized spacial score (nSPS) is 17.6. The van der Waals surface area contributed by atoms with Gasteiger partial charge >= 0.3 is 0 Å². The van der Waals surface area contributed by atoms with Gasteiger partial charge in [0.25, 0.3) is 0 Å². The predicted molar refractivity (Wildman–Crippen MR) is 73.8 cm³/mol. The molecule has 0 aliphatic heterocycles. The van der Waals surface area contributed by atoms with Gasteiger partial charge in [-0.05, 0) is 54.7 Å². The van der Waals surface area contributed by atoms with Gasteiger partial charge in [0.1, 0.15) is 5.75 Å². The minimum atomic E-state index is -0.861. The Morgan fingerprint density at radius 2 is 2.00 bits per heavy atom. The molecule has 1 aliphatic rings. The maximum atomic E-state index is 13.7. The highest BCUT2D eigenvalue weighted by Crippen LogP contribution is 2.35. The summed E-state index contributed by atoms with van der Waals surface area (Å²) in [5.41, 5.74) is 2.26. The minimum Gasteiger partial charge on any atom is -0.508 e. The molecule has 20 heavy (non-hydrogen) atoms. The maximum Gasteiger partial charge on any atom is 0.181 e. The number of aryl methyl sites for hydroxylation is 1. The molecule has 2 aromatic carbocycles. The van der Waals surface area contributed by atoms with Crippen molar-refractivity contribution in [2.45, 2.75) is 25.3 Å². The van der Waals surface area contributed by atoms with Gasteiger partial charge in [-0.1, -0.05) is 12.1 Å². The van der Waals surface area contributed by atoms with Crippen molar-refractivity contribution in [3.8, 4) is 5.75 Å². The van der Waals surface area contributed by atoms with Crippen molar-refractivity contribution in [3.05, 3.63) is 59.2 Å². The molecule has 1 unspecified atom stereocenters. The second-order valence-electron chi connectivity index (χ2n) is 5.07. The van der Waals surface area contributed by atoms with E-state index in [9.17, 15) is 13.9 Å². The van der Waals surface area contributed by atoms with Crippen LogP contribution in [-0.2, 0) is 6.42 Å². The van der Waals surface area contributed by atoms with E-state index in [1.807, 2.05) is 6.07 Å². The predicted octanol–water partition coefficient (Wildman–Crippen LogP) is 4.16. The zero-order chi connectivity index (χ0) is 14.1. The number of phenolic OH excluding ortho intramolecular Hbond substituents is 1. The summed E-state index contributed by atoms with van der Waals surface area (Å²) in [6, 6.07) is 9.24. The molecule has 0 amide bonds. The van der Waals surface area contributed by atoms with Gasteiger partial charge in [-0.25, -0.2) is 8.78 Å². The molecule has 0 bridgehead atoms. The Morgan fingerprint density at radius 3 is 2.85 bits per heavy atom. The molecular formula is C16H15F2NO. The molecule has 0 saturated heterocycles. The van der Waals surface area contributed by atoms with Gasteiger partial charge in [-0.3, -0.25) is 0 Å². The molecule has 0 spiro atoms. The SMILES string of the molecule is Oc1ccc2c(c1)C(Nc1cccc(F)c1F)CCC2. The van der Waals surface area contributed by atoms with E-state index in [1.54, 1.807) is 12.1 Å². The highest BCUT2D eigenvalue weighted by Gasteiger charge is 2.22. The Hall–Kier alpha value is -2.10. The van der Waals surface area contributed by atoms with Crippen LogP contribution in [-0.4, -0.2) is 5.11 Å². The smallest absolute Gasteiger partial charge is 0.181 e. The van der Waals surface area contributed by atoms with Crippen molar-refractivity contribution in [1.29, 1.82) is 0 Å². The molecule has 104 valence electrons. The zero-order valence-corrected chi connectivity index (χ0v) is 10.9. The van der Waals surface area contributed by atoms with Crippen LogP contribution in [0.15, 0.2) is 36.4 Å². The number of aromatic hydroxyl groups is 1. The molecule has 0 aromatic heterocycles. The summed E-state index contributed by atoms with van der Waals surface area (Å²) in [4.78, 5) is 0. The van der Waals surface area contributed by atoms with E-state index in [1.165, 1.54) is 12.1 Å². The average molecular weight is 275 g/mol. The maximum absolute atomic E-state index is 13.7. The summed E-state index contributed by atoms with van der Waals surface area (Å²) < 4.78 is 27.0. The van der Waals surface area contributed by atoms with Crippen LogP contribution in [0.5, 0.6) is 5.75 Å². The Kier molecular flexibility index (Phi) is 3.30. The second kappa shape index (κ2) is 5.12. The summed E-state index contributed by atoms with van der Waals surface area (Å²) in [6.45, 7) is 0. The van der Waals surface area contributed by atoms with Crippen molar-refractivity contribution in [1.82, 2.24) is 0 Å². The van der Waals surface area contributed by atoms with Crippen LogP contribution in [0.3, 0.4) is 0 Å². The van der Waals surface area contributed by atoms with Crippen LogP contribution in [0.1, 0.15) is 30.0 Å². The fourth-order valence-corrected chi connectivity index (χ4v) is 2.74. The third-order valence-electron chi connectivity index (χ3n) is 3.73. The monoisotopic (exact) mass is 275 g/mol. The molecule has 2 nitrogen and oxygen atoms in total. The van der Waals surface area contributed by atoms with Gasteiger partial charge in [0.05, 0.1) is 11.7 Å². The average Bonchev–Trinajstić information content (AvgIpc) is 2.44. The van der Waals surface area contributed by atoms with Crippen LogP contribution >= 0.6 is 0 Å². The molecule has 1 aliphatic carbocycles. The van der Waals surface area contributed by atoms with Gasteiger partial charge in [-0.15, -0.1) is 0 Å². The summed E-state index contributed by atoms with van der Waals surface area (Å²) in [6.07, 6.45) is 2.75. The highest BCUT2D eigenvalue weighted by molar-refractivity contribution is 5.49. The number of hydrogen-bond acceptors (Lipinski definition) is 2. The Bertz CT molecular complexity index is 642. The molecule has 0 heterocycles. The molecule has 2 N–H and O–H groups in total. The number of benzene rings is 2. The third kappa shape index (κ3) is 2.33. The van der Waals surface area contributed by atoms with Gasteiger partial charge in [-0.2, -0.15) is 0 Å². The van der Waals surface area contributed by atoms with Crippen LogP contribution in [0.25, 0.3) is 0 Å². The minimum absolute atomic E-state index is 0.109. The summed E-state index contributed by atoms with van der Waals surface area (Å²) in [5, 5.41) is 12.7. The molecule has 0 radical (unpaired) electrons. The van der Waals surface area contributed by atoms with Gasteiger partial charge in [0, 0.05) is 0 Å². The zero-order valence-electron chi connectivity index (χ0n) is 10.9. The molecular weight excluding hydrogens is 260 g/mol. The number of hydrogen-bond donors (Lipinski definition) is 2. The first-order valence-corrected chi connectivity index (χ1v) is 6.67. The largest absolute Gasteiger partial charge is 0.508 e. The van der Waals surface area contributed by atoms with Gasteiger partial charge in [0.2, 0.25) is 0 Å². The lowest BCUT2D eigenvalue weighted by Gasteiger charge is -2.27. The Morgan fingerprint density at radius 1 is 1.15 bits per heavy atom. The number of nitrogens with one attached hydrogen (secondary N) is 1.